The van der Waals surface area contributed by atoms with Gasteiger partial charge in [-0.2, -0.15) is 0 Å². The molecular formula is C15H11ClO3. The number of carboxylic acid groups (broad SMARTS) is 1. The van der Waals surface area contributed by atoms with Crippen LogP contribution in [-0.4, -0.2) is 16.9 Å². The van der Waals surface area contributed by atoms with Crippen molar-refractivity contribution in [2.24, 2.45) is 0 Å². The average molecular weight is 275 g/mol. The molecule has 0 unspecified atom stereocenters. The molecular weight excluding hydrogens is 264 g/mol. The van der Waals surface area contributed by atoms with E-state index in [1.165, 1.54) is 18.2 Å². The summed E-state index contributed by atoms with van der Waals surface area (Å²) in [5.41, 5.74) is 1.38. The SMILES string of the molecule is Cc1ccc(C(=O)c2c(Cl)cccc2C(=O)O)cc1. The molecule has 0 heterocycles. The van der Waals surface area contributed by atoms with Gasteiger partial charge in [-0.15, -0.1) is 0 Å². The van der Waals surface area contributed by atoms with Crippen LogP contribution in [0.3, 0.4) is 0 Å². The number of aromatic carboxylic acids is 1. The molecule has 0 spiro atoms. The maximum atomic E-state index is 12.4. The number of hydrogen-bond acceptors (Lipinski definition) is 2. The Hall–Kier alpha value is -2.13. The number of aryl methyl sites for hydroxylation is 1. The number of carbonyl (C=O) groups excluding carboxylic acids is 1. The topological polar surface area (TPSA) is 54.4 Å². The molecule has 19 heavy (non-hydrogen) atoms. The molecule has 0 bridgehead atoms. The summed E-state index contributed by atoms with van der Waals surface area (Å²) in [5.74, 6) is -1.55. The molecule has 3 nitrogen and oxygen atoms in total. The number of hydrogen-bond donors (Lipinski definition) is 1. The Balaban J connectivity index is 2.55. The van der Waals surface area contributed by atoms with Crippen LogP contribution in [0.25, 0.3) is 0 Å². The molecule has 0 amide bonds. The largest absolute Gasteiger partial charge is 0.478 e. The van der Waals surface area contributed by atoms with Crippen molar-refractivity contribution in [1.82, 2.24) is 0 Å². The monoisotopic (exact) mass is 274 g/mol. The Bertz CT molecular complexity index is 645. The highest BCUT2D eigenvalue weighted by Crippen LogP contribution is 2.23. The van der Waals surface area contributed by atoms with E-state index >= 15 is 0 Å². The molecule has 2 aromatic rings. The minimum absolute atomic E-state index is 0.0283. The van der Waals surface area contributed by atoms with E-state index in [1.54, 1.807) is 24.3 Å². The second-order valence-corrected chi connectivity index (χ2v) is 4.57. The fourth-order valence-electron chi connectivity index (χ4n) is 1.78. The average Bonchev–Trinajstić information content (AvgIpc) is 2.38. The summed E-state index contributed by atoms with van der Waals surface area (Å²) in [5, 5.41) is 9.26. The molecule has 0 aromatic heterocycles. The van der Waals surface area contributed by atoms with Gasteiger partial charge >= 0.3 is 5.97 Å². The first-order valence-electron chi connectivity index (χ1n) is 5.64. The first-order chi connectivity index (χ1) is 9.00. The Morgan fingerprint density at radius 2 is 1.68 bits per heavy atom. The molecule has 2 rings (SSSR count). The lowest BCUT2D eigenvalue weighted by Crippen LogP contribution is -2.10. The Labute approximate surface area is 115 Å². The van der Waals surface area contributed by atoms with Gasteiger partial charge in [0.15, 0.2) is 5.78 Å². The molecule has 0 aliphatic rings. The standard InChI is InChI=1S/C15H11ClO3/c1-9-5-7-10(8-6-9)14(17)13-11(15(18)19)3-2-4-12(13)16/h2-8H,1H3,(H,18,19). The lowest BCUT2D eigenvalue weighted by atomic mass is 9.97. The summed E-state index contributed by atoms with van der Waals surface area (Å²) >= 11 is 5.97. The summed E-state index contributed by atoms with van der Waals surface area (Å²) in [7, 11) is 0. The molecule has 1 N–H and O–H groups in total. The summed E-state index contributed by atoms with van der Waals surface area (Å²) < 4.78 is 0. The molecule has 0 radical (unpaired) electrons. The molecule has 0 aliphatic carbocycles. The summed E-state index contributed by atoms with van der Waals surface area (Å²) in [6, 6.07) is 11.3. The fraction of sp³-hybridized carbons (Fsp3) is 0.0667. The summed E-state index contributed by atoms with van der Waals surface area (Å²) in [4.78, 5) is 23.5. The highest BCUT2D eigenvalue weighted by atomic mass is 35.5. The molecule has 0 fully saturated rings. The van der Waals surface area contributed by atoms with Gasteiger partial charge in [0.1, 0.15) is 0 Å². The zero-order valence-corrected chi connectivity index (χ0v) is 10.9. The minimum Gasteiger partial charge on any atom is -0.478 e. The highest BCUT2D eigenvalue weighted by molar-refractivity contribution is 6.36. The Kier molecular flexibility index (Phi) is 3.67. The van der Waals surface area contributed by atoms with Crippen molar-refractivity contribution >= 4 is 23.4 Å². The second kappa shape index (κ2) is 5.24. The summed E-state index contributed by atoms with van der Waals surface area (Å²) in [6.45, 7) is 1.91. The van der Waals surface area contributed by atoms with Gasteiger partial charge in [-0.05, 0) is 19.1 Å². The quantitative estimate of drug-likeness (QED) is 0.871. The predicted molar refractivity (Wildman–Crippen MR) is 73.0 cm³/mol. The Morgan fingerprint density at radius 3 is 2.26 bits per heavy atom. The molecule has 0 saturated heterocycles. The van der Waals surface area contributed by atoms with E-state index in [4.69, 9.17) is 16.7 Å². The second-order valence-electron chi connectivity index (χ2n) is 4.16. The van der Waals surface area contributed by atoms with Gasteiger partial charge in [-0.25, -0.2) is 4.79 Å². The van der Waals surface area contributed by atoms with E-state index in [1.807, 2.05) is 6.92 Å². The van der Waals surface area contributed by atoms with Gasteiger partial charge in [0.2, 0.25) is 0 Å². The van der Waals surface area contributed by atoms with Gasteiger partial charge in [-0.1, -0.05) is 47.5 Å². The van der Waals surface area contributed by atoms with E-state index in [0.717, 1.165) is 5.56 Å². The molecule has 96 valence electrons. The van der Waals surface area contributed by atoms with Crippen LogP contribution in [0.4, 0.5) is 0 Å². The van der Waals surface area contributed by atoms with Crippen molar-refractivity contribution in [3.63, 3.8) is 0 Å². The smallest absolute Gasteiger partial charge is 0.336 e. The molecule has 0 aliphatic heterocycles. The lowest BCUT2D eigenvalue weighted by Gasteiger charge is -2.07. The van der Waals surface area contributed by atoms with Crippen molar-refractivity contribution < 1.29 is 14.7 Å². The van der Waals surface area contributed by atoms with E-state index in [-0.39, 0.29) is 21.9 Å². The van der Waals surface area contributed by atoms with Crippen molar-refractivity contribution in [2.45, 2.75) is 6.92 Å². The van der Waals surface area contributed by atoms with Crippen LogP contribution in [0.15, 0.2) is 42.5 Å². The normalized spacial score (nSPS) is 10.2. The van der Waals surface area contributed by atoms with Gasteiger partial charge in [-0.3, -0.25) is 4.79 Å². The zero-order chi connectivity index (χ0) is 14.0. The summed E-state index contributed by atoms with van der Waals surface area (Å²) in [6.07, 6.45) is 0. The van der Waals surface area contributed by atoms with Crippen LogP contribution < -0.4 is 0 Å². The third kappa shape index (κ3) is 2.66. The van der Waals surface area contributed by atoms with Gasteiger partial charge in [0.05, 0.1) is 16.1 Å². The first kappa shape index (κ1) is 13.3. The van der Waals surface area contributed by atoms with Crippen LogP contribution in [0, 0.1) is 6.92 Å². The van der Waals surface area contributed by atoms with E-state index in [0.29, 0.717) is 5.56 Å². The first-order valence-corrected chi connectivity index (χ1v) is 6.01. The third-order valence-corrected chi connectivity index (χ3v) is 3.10. The zero-order valence-electron chi connectivity index (χ0n) is 10.2. The minimum atomic E-state index is -1.17. The van der Waals surface area contributed by atoms with Crippen molar-refractivity contribution in [2.75, 3.05) is 0 Å². The van der Waals surface area contributed by atoms with Crippen LogP contribution in [0.1, 0.15) is 31.8 Å². The van der Waals surface area contributed by atoms with E-state index < -0.39 is 5.97 Å². The maximum Gasteiger partial charge on any atom is 0.336 e. The lowest BCUT2D eigenvalue weighted by molar-refractivity contribution is 0.0693. The van der Waals surface area contributed by atoms with Crippen LogP contribution in [0.5, 0.6) is 0 Å². The fourth-order valence-corrected chi connectivity index (χ4v) is 2.04. The number of carboxylic acids is 1. The number of halogens is 1. The Morgan fingerprint density at radius 1 is 1.05 bits per heavy atom. The van der Waals surface area contributed by atoms with Crippen molar-refractivity contribution in [3.8, 4) is 0 Å². The van der Waals surface area contributed by atoms with Crippen molar-refractivity contribution in [3.05, 3.63) is 69.7 Å². The van der Waals surface area contributed by atoms with E-state index in [9.17, 15) is 9.59 Å². The van der Waals surface area contributed by atoms with Crippen molar-refractivity contribution in [1.29, 1.82) is 0 Å². The number of ketones is 1. The molecule has 4 heteroatoms. The molecule has 0 saturated carbocycles. The molecule has 2 aromatic carbocycles. The van der Waals surface area contributed by atoms with Gasteiger partial charge < -0.3 is 5.11 Å². The van der Waals surface area contributed by atoms with E-state index in [2.05, 4.69) is 0 Å². The maximum absolute atomic E-state index is 12.4. The van der Waals surface area contributed by atoms with Gasteiger partial charge in [0, 0.05) is 5.56 Å². The highest BCUT2D eigenvalue weighted by Gasteiger charge is 2.20. The number of carbonyl (C=O) groups is 2. The van der Waals surface area contributed by atoms with Gasteiger partial charge in [0.25, 0.3) is 0 Å². The van der Waals surface area contributed by atoms with Crippen LogP contribution >= 0.6 is 11.6 Å². The van der Waals surface area contributed by atoms with Crippen LogP contribution in [0.2, 0.25) is 5.02 Å². The third-order valence-electron chi connectivity index (χ3n) is 2.78. The number of benzene rings is 2. The predicted octanol–water partition coefficient (Wildman–Crippen LogP) is 3.58. The molecule has 0 atom stereocenters. The van der Waals surface area contributed by atoms with Crippen LogP contribution in [-0.2, 0) is 0 Å². The number of rotatable bonds is 3.